The van der Waals surface area contributed by atoms with Crippen LogP contribution in [0, 0.1) is 5.92 Å². The lowest BCUT2D eigenvalue weighted by Crippen LogP contribution is -1.96. The van der Waals surface area contributed by atoms with Crippen LogP contribution in [0.5, 0.6) is 0 Å². The van der Waals surface area contributed by atoms with Crippen LogP contribution in [0.1, 0.15) is 46.5 Å². The van der Waals surface area contributed by atoms with Gasteiger partial charge in [-0.1, -0.05) is 32.4 Å². The van der Waals surface area contributed by atoms with E-state index in [9.17, 15) is 0 Å². The molecular formula is C11H22O. The van der Waals surface area contributed by atoms with Crippen LogP contribution in [0.3, 0.4) is 0 Å². The average Bonchev–Trinajstić information content (AvgIpc) is 2.07. The van der Waals surface area contributed by atoms with Gasteiger partial charge in [0.05, 0.1) is 0 Å². The third-order valence-corrected chi connectivity index (χ3v) is 2.34. The van der Waals surface area contributed by atoms with Crippen LogP contribution in [0.4, 0.5) is 0 Å². The van der Waals surface area contributed by atoms with Crippen molar-refractivity contribution in [3.05, 3.63) is 11.6 Å². The second-order valence-electron chi connectivity index (χ2n) is 3.42. The predicted molar refractivity (Wildman–Crippen MR) is 54.1 cm³/mol. The maximum Gasteiger partial charge on any atom is 0.0433 e. The van der Waals surface area contributed by atoms with Crippen molar-refractivity contribution >= 4 is 0 Å². The predicted octanol–water partition coefficient (Wildman–Crippen LogP) is 3.14. The first-order valence-electron chi connectivity index (χ1n) is 5.03. The summed E-state index contributed by atoms with van der Waals surface area (Å²) in [6, 6.07) is 0. The molecule has 0 saturated heterocycles. The lowest BCUT2D eigenvalue weighted by atomic mass is 10.0. The monoisotopic (exact) mass is 170 g/mol. The third-order valence-electron chi connectivity index (χ3n) is 2.34. The van der Waals surface area contributed by atoms with E-state index < -0.39 is 0 Å². The van der Waals surface area contributed by atoms with Crippen molar-refractivity contribution in [2.75, 3.05) is 6.61 Å². The quantitative estimate of drug-likeness (QED) is 0.607. The van der Waals surface area contributed by atoms with E-state index in [1.165, 1.54) is 12.8 Å². The Morgan fingerprint density at radius 1 is 1.33 bits per heavy atom. The molecule has 1 heteroatoms. The van der Waals surface area contributed by atoms with Gasteiger partial charge in [0.15, 0.2) is 0 Å². The number of allylic oxidation sites excluding steroid dienone is 2. The van der Waals surface area contributed by atoms with E-state index in [2.05, 4.69) is 26.8 Å². The van der Waals surface area contributed by atoms with Crippen LogP contribution in [0.15, 0.2) is 11.6 Å². The first-order valence-corrected chi connectivity index (χ1v) is 5.03. The highest BCUT2D eigenvalue weighted by Crippen LogP contribution is 2.12. The van der Waals surface area contributed by atoms with Crippen LogP contribution in [-0.4, -0.2) is 11.7 Å². The molecule has 0 aromatic carbocycles. The highest BCUT2D eigenvalue weighted by Gasteiger charge is 1.98. The SMILES string of the molecule is CCC(=CCC(C)CCO)CC. The minimum atomic E-state index is 0.322. The zero-order valence-corrected chi connectivity index (χ0v) is 8.64. The first-order chi connectivity index (χ1) is 5.74. The fraction of sp³-hybridized carbons (Fsp3) is 0.818. The number of aliphatic hydroxyl groups is 1. The minimum absolute atomic E-state index is 0.322. The summed E-state index contributed by atoms with van der Waals surface area (Å²) in [5.41, 5.74) is 1.54. The molecule has 0 spiro atoms. The molecule has 0 heterocycles. The average molecular weight is 170 g/mol. The molecule has 1 nitrogen and oxygen atoms in total. The van der Waals surface area contributed by atoms with Gasteiger partial charge in [-0.25, -0.2) is 0 Å². The molecular weight excluding hydrogens is 148 g/mol. The summed E-state index contributed by atoms with van der Waals surface area (Å²) in [4.78, 5) is 0. The van der Waals surface area contributed by atoms with Gasteiger partial charge >= 0.3 is 0 Å². The van der Waals surface area contributed by atoms with E-state index >= 15 is 0 Å². The van der Waals surface area contributed by atoms with Gasteiger partial charge in [-0.3, -0.25) is 0 Å². The van der Waals surface area contributed by atoms with E-state index in [0.717, 1.165) is 12.8 Å². The van der Waals surface area contributed by atoms with E-state index in [1.807, 2.05) is 0 Å². The van der Waals surface area contributed by atoms with Crippen LogP contribution in [-0.2, 0) is 0 Å². The third kappa shape index (κ3) is 5.36. The molecule has 1 unspecified atom stereocenters. The fourth-order valence-corrected chi connectivity index (χ4v) is 1.24. The molecule has 0 amide bonds. The summed E-state index contributed by atoms with van der Waals surface area (Å²) >= 11 is 0. The normalized spacial score (nSPS) is 12.7. The van der Waals surface area contributed by atoms with Crippen LogP contribution in [0.2, 0.25) is 0 Å². The Balaban J connectivity index is 3.68. The number of rotatable bonds is 6. The van der Waals surface area contributed by atoms with Crippen molar-refractivity contribution in [2.24, 2.45) is 5.92 Å². The molecule has 0 aliphatic heterocycles. The molecule has 72 valence electrons. The second kappa shape index (κ2) is 7.35. The van der Waals surface area contributed by atoms with Crippen molar-refractivity contribution in [1.82, 2.24) is 0 Å². The molecule has 0 aliphatic rings. The lowest BCUT2D eigenvalue weighted by Gasteiger charge is -2.07. The van der Waals surface area contributed by atoms with Crippen molar-refractivity contribution < 1.29 is 5.11 Å². The van der Waals surface area contributed by atoms with Gasteiger partial charge in [-0.15, -0.1) is 0 Å². The van der Waals surface area contributed by atoms with Crippen LogP contribution < -0.4 is 0 Å². The van der Waals surface area contributed by atoms with E-state index in [4.69, 9.17) is 5.11 Å². The van der Waals surface area contributed by atoms with Gasteiger partial charge < -0.3 is 5.11 Å². The molecule has 12 heavy (non-hydrogen) atoms. The molecule has 0 aromatic heterocycles. The van der Waals surface area contributed by atoms with E-state index in [1.54, 1.807) is 5.57 Å². The molecule has 0 rings (SSSR count). The fourth-order valence-electron chi connectivity index (χ4n) is 1.24. The second-order valence-corrected chi connectivity index (χ2v) is 3.42. The summed E-state index contributed by atoms with van der Waals surface area (Å²) in [5.74, 6) is 0.628. The Morgan fingerprint density at radius 3 is 2.33 bits per heavy atom. The summed E-state index contributed by atoms with van der Waals surface area (Å²) in [5, 5.41) is 8.70. The Labute approximate surface area is 76.5 Å². The Morgan fingerprint density at radius 2 is 1.92 bits per heavy atom. The smallest absolute Gasteiger partial charge is 0.0433 e. The number of hydrogen-bond donors (Lipinski definition) is 1. The van der Waals surface area contributed by atoms with Gasteiger partial charge in [0.25, 0.3) is 0 Å². The Hall–Kier alpha value is -0.300. The molecule has 0 saturated carbocycles. The molecule has 0 aliphatic carbocycles. The standard InChI is InChI=1S/C11H22O/c1-4-11(5-2)7-6-10(3)8-9-12/h7,10,12H,4-6,8-9H2,1-3H3. The van der Waals surface area contributed by atoms with Gasteiger partial charge in [0.2, 0.25) is 0 Å². The van der Waals surface area contributed by atoms with E-state index in [-0.39, 0.29) is 0 Å². The molecule has 0 bridgehead atoms. The Bertz CT molecular complexity index is 121. The van der Waals surface area contributed by atoms with Gasteiger partial charge in [-0.2, -0.15) is 0 Å². The van der Waals surface area contributed by atoms with Crippen molar-refractivity contribution in [2.45, 2.75) is 46.5 Å². The van der Waals surface area contributed by atoms with E-state index in [0.29, 0.717) is 12.5 Å². The highest BCUT2D eigenvalue weighted by molar-refractivity contribution is 5.00. The van der Waals surface area contributed by atoms with Gasteiger partial charge in [0.1, 0.15) is 0 Å². The van der Waals surface area contributed by atoms with Gasteiger partial charge in [0, 0.05) is 6.61 Å². The van der Waals surface area contributed by atoms with Crippen molar-refractivity contribution in [3.63, 3.8) is 0 Å². The molecule has 0 radical (unpaired) electrons. The Kier molecular flexibility index (Phi) is 7.17. The van der Waals surface area contributed by atoms with Crippen LogP contribution in [0.25, 0.3) is 0 Å². The zero-order valence-electron chi connectivity index (χ0n) is 8.64. The number of hydrogen-bond acceptors (Lipinski definition) is 1. The summed E-state index contributed by atoms with van der Waals surface area (Å²) in [6.07, 6.45) is 6.72. The minimum Gasteiger partial charge on any atom is -0.396 e. The van der Waals surface area contributed by atoms with Gasteiger partial charge in [-0.05, 0) is 31.6 Å². The van der Waals surface area contributed by atoms with Crippen LogP contribution >= 0.6 is 0 Å². The largest absolute Gasteiger partial charge is 0.396 e. The topological polar surface area (TPSA) is 20.2 Å². The summed E-state index contributed by atoms with van der Waals surface area (Å²) in [7, 11) is 0. The highest BCUT2D eigenvalue weighted by atomic mass is 16.2. The molecule has 1 atom stereocenters. The molecule has 1 N–H and O–H groups in total. The summed E-state index contributed by atoms with van der Waals surface area (Å²) < 4.78 is 0. The zero-order chi connectivity index (χ0) is 9.40. The first kappa shape index (κ1) is 11.7. The maximum atomic E-state index is 8.70. The number of aliphatic hydroxyl groups excluding tert-OH is 1. The maximum absolute atomic E-state index is 8.70. The van der Waals surface area contributed by atoms with Crippen molar-refractivity contribution in [3.8, 4) is 0 Å². The summed E-state index contributed by atoms with van der Waals surface area (Å²) in [6.45, 7) is 6.91. The van der Waals surface area contributed by atoms with Crippen molar-refractivity contribution in [1.29, 1.82) is 0 Å². The lowest BCUT2D eigenvalue weighted by molar-refractivity contribution is 0.263. The molecule has 0 fully saturated rings. The molecule has 0 aromatic rings.